The summed E-state index contributed by atoms with van der Waals surface area (Å²) in [6, 6.07) is 0.235. The molecule has 2 rings (SSSR count). The Bertz CT molecular complexity index is 360. The van der Waals surface area contributed by atoms with Crippen LogP contribution in [-0.2, 0) is 4.74 Å². The van der Waals surface area contributed by atoms with Gasteiger partial charge < -0.3 is 15.8 Å². The number of hydrogen-bond acceptors (Lipinski definition) is 5. The molecular weight excluding hydrogens is 216 g/mol. The molecular formula is C9H13ClN4O. The third-order valence-corrected chi connectivity index (χ3v) is 2.67. The molecule has 1 aromatic rings. The van der Waals surface area contributed by atoms with Crippen LogP contribution in [0.25, 0.3) is 0 Å². The van der Waals surface area contributed by atoms with Crippen LogP contribution >= 0.6 is 11.6 Å². The van der Waals surface area contributed by atoms with Crippen molar-refractivity contribution in [2.75, 3.05) is 17.7 Å². The Morgan fingerprint density at radius 3 is 3.13 bits per heavy atom. The van der Waals surface area contributed by atoms with E-state index < -0.39 is 0 Å². The fourth-order valence-corrected chi connectivity index (χ4v) is 1.72. The molecule has 2 unspecified atom stereocenters. The minimum atomic E-state index is 0.165. The molecule has 2 heterocycles. The van der Waals surface area contributed by atoms with Crippen molar-refractivity contribution in [3.05, 3.63) is 11.5 Å². The fourth-order valence-electron chi connectivity index (χ4n) is 1.58. The van der Waals surface area contributed by atoms with Gasteiger partial charge in [-0.3, -0.25) is 0 Å². The third-order valence-electron chi connectivity index (χ3n) is 2.49. The molecule has 2 atom stereocenters. The molecule has 1 aliphatic rings. The van der Waals surface area contributed by atoms with E-state index in [2.05, 4.69) is 15.3 Å². The van der Waals surface area contributed by atoms with Gasteiger partial charge in [0.1, 0.15) is 0 Å². The number of rotatable bonds is 2. The van der Waals surface area contributed by atoms with Crippen LogP contribution in [0.2, 0.25) is 5.28 Å². The molecule has 1 aromatic heterocycles. The van der Waals surface area contributed by atoms with Crippen molar-refractivity contribution in [2.45, 2.75) is 25.5 Å². The molecule has 0 aliphatic carbocycles. The Kier molecular flexibility index (Phi) is 2.93. The van der Waals surface area contributed by atoms with Crippen molar-refractivity contribution >= 4 is 23.1 Å². The van der Waals surface area contributed by atoms with E-state index in [1.165, 1.54) is 6.20 Å². The summed E-state index contributed by atoms with van der Waals surface area (Å²) in [4.78, 5) is 7.82. The zero-order valence-electron chi connectivity index (χ0n) is 8.40. The highest BCUT2D eigenvalue weighted by molar-refractivity contribution is 6.28. The van der Waals surface area contributed by atoms with Gasteiger partial charge in [-0.15, -0.1) is 0 Å². The summed E-state index contributed by atoms with van der Waals surface area (Å²) in [6.45, 7) is 2.78. The lowest BCUT2D eigenvalue weighted by Crippen LogP contribution is -2.27. The number of halogens is 1. The van der Waals surface area contributed by atoms with E-state index in [9.17, 15) is 0 Å². The number of nitrogens with one attached hydrogen (secondary N) is 1. The SMILES string of the molecule is CC1OCCC1Nc1nc(Cl)ncc1N. The van der Waals surface area contributed by atoms with Crippen molar-refractivity contribution in [2.24, 2.45) is 0 Å². The molecule has 0 radical (unpaired) electrons. The third kappa shape index (κ3) is 2.30. The van der Waals surface area contributed by atoms with Crippen LogP contribution in [0.3, 0.4) is 0 Å². The zero-order chi connectivity index (χ0) is 10.8. The van der Waals surface area contributed by atoms with E-state index in [0.717, 1.165) is 13.0 Å². The first-order chi connectivity index (χ1) is 7.16. The van der Waals surface area contributed by atoms with Crippen LogP contribution in [0, 0.1) is 0 Å². The maximum Gasteiger partial charge on any atom is 0.224 e. The number of anilines is 2. The molecule has 1 aliphatic heterocycles. The Morgan fingerprint density at radius 1 is 1.67 bits per heavy atom. The van der Waals surface area contributed by atoms with Crippen LogP contribution in [0.15, 0.2) is 6.20 Å². The highest BCUT2D eigenvalue weighted by Gasteiger charge is 2.24. The van der Waals surface area contributed by atoms with E-state index in [4.69, 9.17) is 22.1 Å². The van der Waals surface area contributed by atoms with E-state index in [1.54, 1.807) is 0 Å². The summed E-state index contributed by atoms with van der Waals surface area (Å²) in [5, 5.41) is 3.41. The molecule has 0 bridgehead atoms. The molecule has 0 aromatic carbocycles. The molecule has 6 heteroatoms. The van der Waals surface area contributed by atoms with Crippen LogP contribution < -0.4 is 11.1 Å². The second-order valence-corrected chi connectivity index (χ2v) is 3.90. The lowest BCUT2D eigenvalue weighted by atomic mass is 10.1. The number of nitrogen functional groups attached to an aromatic ring is 1. The predicted octanol–water partition coefficient (Wildman–Crippen LogP) is 1.30. The normalized spacial score (nSPS) is 25.5. The number of nitrogens with two attached hydrogens (primary N) is 1. The summed E-state index contributed by atoms with van der Waals surface area (Å²) in [7, 11) is 0. The highest BCUT2D eigenvalue weighted by Crippen LogP contribution is 2.22. The average molecular weight is 229 g/mol. The van der Waals surface area contributed by atoms with Crippen LogP contribution in [0.4, 0.5) is 11.5 Å². The first kappa shape index (κ1) is 10.4. The minimum Gasteiger partial charge on any atom is -0.394 e. The maximum absolute atomic E-state index is 5.73. The summed E-state index contributed by atoms with van der Waals surface area (Å²) in [5.41, 5.74) is 6.22. The molecule has 15 heavy (non-hydrogen) atoms. The quantitative estimate of drug-likeness (QED) is 0.747. The van der Waals surface area contributed by atoms with Crippen molar-refractivity contribution in [3.8, 4) is 0 Å². The van der Waals surface area contributed by atoms with Gasteiger partial charge in [-0.25, -0.2) is 4.98 Å². The molecule has 5 nitrogen and oxygen atoms in total. The average Bonchev–Trinajstić information content (AvgIpc) is 2.58. The van der Waals surface area contributed by atoms with Gasteiger partial charge in [0.2, 0.25) is 5.28 Å². The number of aromatic nitrogens is 2. The summed E-state index contributed by atoms with van der Waals surface area (Å²) in [6.07, 6.45) is 2.61. The standard InChI is InChI=1S/C9H13ClN4O/c1-5-7(2-3-15-5)13-8-6(11)4-12-9(10)14-8/h4-5,7H,2-3,11H2,1H3,(H,12,13,14). The largest absolute Gasteiger partial charge is 0.394 e. The van der Waals surface area contributed by atoms with Crippen LogP contribution in [0.1, 0.15) is 13.3 Å². The monoisotopic (exact) mass is 228 g/mol. The van der Waals surface area contributed by atoms with Crippen LogP contribution in [-0.4, -0.2) is 28.7 Å². The maximum atomic E-state index is 5.73. The summed E-state index contributed by atoms with van der Waals surface area (Å²) in [5.74, 6) is 0.581. The van der Waals surface area contributed by atoms with Crippen molar-refractivity contribution in [1.82, 2.24) is 9.97 Å². The first-order valence-corrected chi connectivity index (χ1v) is 5.21. The molecule has 1 fully saturated rings. The molecule has 0 spiro atoms. The van der Waals surface area contributed by atoms with Crippen molar-refractivity contribution in [1.29, 1.82) is 0 Å². The molecule has 82 valence electrons. The number of ether oxygens (including phenoxy) is 1. The Morgan fingerprint density at radius 2 is 2.47 bits per heavy atom. The zero-order valence-corrected chi connectivity index (χ0v) is 9.16. The second-order valence-electron chi connectivity index (χ2n) is 3.56. The van der Waals surface area contributed by atoms with E-state index in [1.807, 2.05) is 6.92 Å². The first-order valence-electron chi connectivity index (χ1n) is 4.83. The lowest BCUT2D eigenvalue weighted by Gasteiger charge is -2.17. The van der Waals surface area contributed by atoms with Gasteiger partial charge in [0.15, 0.2) is 5.82 Å². The minimum absolute atomic E-state index is 0.165. The second kappa shape index (κ2) is 4.20. The predicted molar refractivity (Wildman–Crippen MR) is 58.9 cm³/mol. The Balaban J connectivity index is 2.12. The highest BCUT2D eigenvalue weighted by atomic mass is 35.5. The van der Waals surface area contributed by atoms with Gasteiger partial charge in [-0.1, -0.05) is 0 Å². The Hall–Kier alpha value is -1.07. The fraction of sp³-hybridized carbons (Fsp3) is 0.556. The summed E-state index contributed by atoms with van der Waals surface area (Å²) < 4.78 is 5.43. The topological polar surface area (TPSA) is 73.1 Å². The van der Waals surface area contributed by atoms with Gasteiger partial charge >= 0.3 is 0 Å². The molecule has 0 saturated carbocycles. The number of nitrogens with zero attached hydrogens (tertiary/aromatic N) is 2. The van der Waals surface area contributed by atoms with Crippen molar-refractivity contribution < 1.29 is 4.74 Å². The smallest absolute Gasteiger partial charge is 0.224 e. The lowest BCUT2D eigenvalue weighted by molar-refractivity contribution is 0.121. The van der Waals surface area contributed by atoms with Crippen molar-refractivity contribution in [3.63, 3.8) is 0 Å². The number of hydrogen-bond donors (Lipinski definition) is 2. The molecule has 1 saturated heterocycles. The molecule has 0 amide bonds. The van der Waals surface area contributed by atoms with Gasteiger partial charge in [0.05, 0.1) is 24.0 Å². The van der Waals surface area contributed by atoms with Crippen LogP contribution in [0.5, 0.6) is 0 Å². The summed E-state index contributed by atoms with van der Waals surface area (Å²) >= 11 is 5.69. The van der Waals surface area contributed by atoms with E-state index in [-0.39, 0.29) is 17.4 Å². The van der Waals surface area contributed by atoms with E-state index in [0.29, 0.717) is 11.5 Å². The van der Waals surface area contributed by atoms with Gasteiger partial charge in [-0.05, 0) is 24.9 Å². The van der Waals surface area contributed by atoms with Gasteiger partial charge in [0, 0.05) is 6.61 Å². The van der Waals surface area contributed by atoms with Gasteiger partial charge in [-0.2, -0.15) is 4.98 Å². The van der Waals surface area contributed by atoms with Gasteiger partial charge in [0.25, 0.3) is 0 Å². The van der Waals surface area contributed by atoms with E-state index >= 15 is 0 Å². The Labute approximate surface area is 93.0 Å². The molecule has 3 N–H and O–H groups in total.